The van der Waals surface area contributed by atoms with Gasteiger partial charge in [0.1, 0.15) is 5.92 Å². The maximum Gasteiger partial charge on any atom is 0.259 e. The third kappa shape index (κ3) is 2.17. The molecular formula is C13H15N2O2. The molecule has 1 amide bonds. The number of amides is 1. The molecule has 89 valence electrons. The first-order valence-electron chi connectivity index (χ1n) is 5.37. The van der Waals surface area contributed by atoms with Gasteiger partial charge >= 0.3 is 0 Å². The first kappa shape index (κ1) is 11.7. The van der Waals surface area contributed by atoms with Gasteiger partial charge in [0.15, 0.2) is 0 Å². The van der Waals surface area contributed by atoms with Gasteiger partial charge in [0, 0.05) is 18.3 Å². The van der Waals surface area contributed by atoms with Crippen LogP contribution in [0.4, 0.5) is 0 Å². The van der Waals surface area contributed by atoms with Crippen molar-refractivity contribution in [2.24, 2.45) is 0 Å². The first-order valence-corrected chi connectivity index (χ1v) is 5.37. The van der Waals surface area contributed by atoms with E-state index >= 15 is 0 Å². The highest BCUT2D eigenvalue weighted by Gasteiger charge is 2.21. The summed E-state index contributed by atoms with van der Waals surface area (Å²) in [6.45, 7) is 1.78. The van der Waals surface area contributed by atoms with Gasteiger partial charge in [-0.05, 0) is 24.4 Å². The molecule has 0 atom stereocenters. The number of para-hydroxylation sites is 1. The Kier molecular flexibility index (Phi) is 3.15. The number of benzene rings is 1. The molecule has 0 aliphatic carbocycles. The van der Waals surface area contributed by atoms with Crippen LogP contribution in [0.5, 0.6) is 0 Å². The lowest BCUT2D eigenvalue weighted by molar-refractivity contribution is -0.165. The highest BCUT2D eigenvalue weighted by atomic mass is 16.7. The van der Waals surface area contributed by atoms with Gasteiger partial charge in [-0.25, -0.2) is 5.06 Å². The Morgan fingerprint density at radius 3 is 2.71 bits per heavy atom. The van der Waals surface area contributed by atoms with Crippen molar-refractivity contribution < 1.29 is 9.63 Å². The summed E-state index contributed by atoms with van der Waals surface area (Å²) in [7, 11) is 3.06. The zero-order chi connectivity index (χ0) is 12.4. The van der Waals surface area contributed by atoms with E-state index in [1.165, 1.54) is 12.2 Å². The zero-order valence-corrected chi connectivity index (χ0v) is 10.2. The third-order valence-corrected chi connectivity index (χ3v) is 2.81. The Labute approximate surface area is 100 Å². The van der Waals surface area contributed by atoms with Gasteiger partial charge in [-0.1, -0.05) is 18.2 Å². The zero-order valence-electron chi connectivity index (χ0n) is 10.2. The molecule has 1 aromatic carbocycles. The number of carbonyl (C=O) groups is 1. The number of likely N-dealkylation sites (N-methyl/N-ethyl adjacent to an activating group) is 1. The normalized spacial score (nSPS) is 11.1. The largest absolute Gasteiger partial charge is 0.357 e. The van der Waals surface area contributed by atoms with E-state index < -0.39 is 0 Å². The maximum atomic E-state index is 11.9. The Morgan fingerprint density at radius 2 is 2.06 bits per heavy atom. The highest BCUT2D eigenvalue weighted by molar-refractivity contribution is 5.94. The van der Waals surface area contributed by atoms with Crippen molar-refractivity contribution in [3.63, 3.8) is 0 Å². The maximum absolute atomic E-state index is 11.9. The van der Waals surface area contributed by atoms with Crippen molar-refractivity contribution in [3.8, 4) is 0 Å². The molecule has 2 aromatic rings. The number of H-pyrrole nitrogens is 1. The fourth-order valence-electron chi connectivity index (χ4n) is 1.71. The van der Waals surface area contributed by atoms with Crippen LogP contribution in [-0.2, 0) is 9.63 Å². The average molecular weight is 231 g/mol. The molecule has 1 aromatic heterocycles. The molecule has 4 nitrogen and oxygen atoms in total. The topological polar surface area (TPSA) is 45.3 Å². The van der Waals surface area contributed by atoms with E-state index in [-0.39, 0.29) is 5.91 Å². The molecular weight excluding hydrogens is 216 g/mol. The number of hydrogen-bond acceptors (Lipinski definition) is 2. The minimum Gasteiger partial charge on any atom is -0.357 e. The average Bonchev–Trinajstić information content (AvgIpc) is 2.79. The summed E-state index contributed by atoms with van der Waals surface area (Å²) >= 11 is 0. The summed E-state index contributed by atoms with van der Waals surface area (Å²) < 4.78 is 0. The standard InChI is InChI=1S/C13H15N2O2/c1-9(13(16)15(2)17-3)12-8-10-6-4-5-7-11(10)14-12/h4-8,14H,1-3H3. The van der Waals surface area contributed by atoms with Crippen LogP contribution in [-0.4, -0.2) is 30.1 Å². The molecule has 1 heterocycles. The summed E-state index contributed by atoms with van der Waals surface area (Å²) in [6, 6.07) is 9.88. The second-order valence-corrected chi connectivity index (χ2v) is 3.88. The number of fused-ring (bicyclic) bond motifs is 1. The molecule has 0 saturated carbocycles. The van der Waals surface area contributed by atoms with Gasteiger partial charge in [0.25, 0.3) is 5.91 Å². The Morgan fingerprint density at radius 1 is 1.35 bits per heavy atom. The van der Waals surface area contributed by atoms with E-state index in [1.807, 2.05) is 30.3 Å². The number of hydroxylamine groups is 2. The minimum absolute atomic E-state index is 0.154. The highest BCUT2D eigenvalue weighted by Crippen LogP contribution is 2.21. The lowest BCUT2D eigenvalue weighted by Crippen LogP contribution is -2.30. The molecule has 0 spiro atoms. The number of rotatable bonds is 3. The van der Waals surface area contributed by atoms with Gasteiger partial charge in [-0.3, -0.25) is 9.63 Å². The molecule has 1 radical (unpaired) electrons. The summed E-state index contributed by atoms with van der Waals surface area (Å²) in [5.41, 5.74) is 1.84. The number of nitrogens with zero attached hydrogens (tertiary/aromatic N) is 1. The van der Waals surface area contributed by atoms with Gasteiger partial charge < -0.3 is 4.98 Å². The van der Waals surface area contributed by atoms with E-state index in [0.29, 0.717) is 5.92 Å². The van der Waals surface area contributed by atoms with Crippen molar-refractivity contribution in [2.45, 2.75) is 6.92 Å². The third-order valence-electron chi connectivity index (χ3n) is 2.81. The monoisotopic (exact) mass is 231 g/mol. The van der Waals surface area contributed by atoms with Crippen LogP contribution in [0.15, 0.2) is 30.3 Å². The van der Waals surface area contributed by atoms with Crippen LogP contribution in [0.25, 0.3) is 10.9 Å². The molecule has 0 saturated heterocycles. The molecule has 0 aliphatic rings. The van der Waals surface area contributed by atoms with Gasteiger partial charge in [-0.15, -0.1) is 0 Å². The second kappa shape index (κ2) is 4.59. The Balaban J connectivity index is 2.30. The molecule has 1 N–H and O–H groups in total. The van der Waals surface area contributed by atoms with Crippen molar-refractivity contribution in [2.75, 3.05) is 14.2 Å². The van der Waals surface area contributed by atoms with Crippen LogP contribution in [0.1, 0.15) is 12.6 Å². The molecule has 2 rings (SSSR count). The lowest BCUT2D eigenvalue weighted by atomic mass is 10.1. The summed E-state index contributed by atoms with van der Waals surface area (Å²) in [5.74, 6) is 0.476. The summed E-state index contributed by atoms with van der Waals surface area (Å²) in [4.78, 5) is 20.0. The predicted molar refractivity (Wildman–Crippen MR) is 66.1 cm³/mol. The Hall–Kier alpha value is -1.81. The molecule has 0 unspecified atom stereocenters. The molecule has 0 aliphatic heterocycles. The van der Waals surface area contributed by atoms with E-state index in [0.717, 1.165) is 16.6 Å². The predicted octanol–water partition coefficient (Wildman–Crippen LogP) is 2.13. The molecule has 0 bridgehead atoms. The van der Waals surface area contributed by atoms with E-state index in [9.17, 15) is 4.79 Å². The van der Waals surface area contributed by atoms with Crippen molar-refractivity contribution in [3.05, 3.63) is 41.9 Å². The minimum atomic E-state index is -0.154. The van der Waals surface area contributed by atoms with Crippen LogP contribution in [0.2, 0.25) is 0 Å². The first-order chi connectivity index (χ1) is 8.13. The Bertz CT molecular complexity index is 500. The fourth-order valence-corrected chi connectivity index (χ4v) is 1.71. The molecule has 0 fully saturated rings. The van der Waals surface area contributed by atoms with E-state index in [1.54, 1.807) is 14.0 Å². The fraction of sp³-hybridized carbons (Fsp3) is 0.231. The van der Waals surface area contributed by atoms with Crippen molar-refractivity contribution >= 4 is 16.8 Å². The van der Waals surface area contributed by atoms with Crippen LogP contribution in [0.3, 0.4) is 0 Å². The number of hydrogen-bond donors (Lipinski definition) is 1. The molecule has 4 heteroatoms. The van der Waals surface area contributed by atoms with Crippen LogP contribution < -0.4 is 0 Å². The van der Waals surface area contributed by atoms with E-state index in [2.05, 4.69) is 4.98 Å². The van der Waals surface area contributed by atoms with Crippen LogP contribution in [0, 0.1) is 5.92 Å². The van der Waals surface area contributed by atoms with Gasteiger partial charge in [0.2, 0.25) is 0 Å². The number of carbonyl (C=O) groups excluding carboxylic acids is 1. The van der Waals surface area contributed by atoms with Crippen LogP contribution >= 0.6 is 0 Å². The second-order valence-electron chi connectivity index (χ2n) is 3.88. The van der Waals surface area contributed by atoms with Crippen molar-refractivity contribution in [1.82, 2.24) is 10.0 Å². The van der Waals surface area contributed by atoms with Gasteiger partial charge in [-0.2, -0.15) is 0 Å². The smallest absolute Gasteiger partial charge is 0.259 e. The van der Waals surface area contributed by atoms with E-state index in [4.69, 9.17) is 4.84 Å². The summed E-state index contributed by atoms with van der Waals surface area (Å²) in [6.07, 6.45) is 0. The SMILES string of the molecule is CON(C)C(=O)[C](C)c1cc2ccccc2[nH]1. The number of aromatic nitrogens is 1. The quantitative estimate of drug-likeness (QED) is 0.822. The van der Waals surface area contributed by atoms with Gasteiger partial charge in [0.05, 0.1) is 7.11 Å². The van der Waals surface area contributed by atoms with Crippen molar-refractivity contribution in [1.29, 1.82) is 0 Å². The lowest BCUT2D eigenvalue weighted by Gasteiger charge is -2.17. The number of aromatic amines is 1. The molecule has 17 heavy (non-hydrogen) atoms. The number of nitrogens with one attached hydrogen (secondary N) is 1. The summed E-state index contributed by atoms with van der Waals surface area (Å²) in [5, 5.41) is 2.30.